The Bertz CT molecular complexity index is 793. The number of hydrogen-bond acceptors (Lipinski definition) is 8. The third kappa shape index (κ3) is 3.57. The number of rotatable bonds is 1. The highest BCUT2D eigenvalue weighted by Gasteiger charge is 2.54. The Morgan fingerprint density at radius 1 is 0.828 bits per heavy atom. The van der Waals surface area contributed by atoms with E-state index in [0.29, 0.717) is 6.42 Å². The summed E-state index contributed by atoms with van der Waals surface area (Å²) in [5, 5.41) is 40.5. The maximum Gasteiger partial charge on any atom is 0.310 e. The third-order valence-corrected chi connectivity index (χ3v) is 6.14. The average Bonchev–Trinajstić information content (AvgIpc) is 2.78. The molecule has 1 saturated carbocycles. The van der Waals surface area contributed by atoms with E-state index < -0.39 is 60.4 Å². The first-order valence-electron chi connectivity index (χ1n) is 9.72. The number of allylic oxidation sites excluding steroid dienone is 2. The molecular weight excluding hydrogens is 380 g/mol. The smallest absolute Gasteiger partial charge is 0.310 e. The van der Waals surface area contributed by atoms with E-state index in [2.05, 4.69) is 0 Å². The molecule has 1 aromatic rings. The zero-order valence-corrected chi connectivity index (χ0v) is 15.6. The van der Waals surface area contributed by atoms with Gasteiger partial charge in [0.15, 0.2) is 12.2 Å². The molecule has 1 unspecified atom stereocenters. The lowest BCUT2D eigenvalue weighted by Gasteiger charge is -2.42. The van der Waals surface area contributed by atoms with E-state index in [1.165, 1.54) is 0 Å². The van der Waals surface area contributed by atoms with E-state index in [9.17, 15) is 30.0 Å². The second kappa shape index (κ2) is 7.87. The van der Waals surface area contributed by atoms with Crippen molar-refractivity contribution in [3.63, 3.8) is 0 Å². The predicted octanol–water partition coefficient (Wildman–Crippen LogP) is -0.353. The van der Waals surface area contributed by atoms with E-state index >= 15 is 0 Å². The van der Waals surface area contributed by atoms with Crippen molar-refractivity contribution in [1.82, 2.24) is 0 Å². The number of hydrogen-bond donors (Lipinski definition) is 4. The van der Waals surface area contributed by atoms with Gasteiger partial charge in [-0.3, -0.25) is 9.59 Å². The van der Waals surface area contributed by atoms with Crippen LogP contribution >= 0.6 is 0 Å². The molecule has 1 heterocycles. The number of carbonyl (C=O) groups is 2. The number of fused-ring (bicyclic) bond motifs is 2. The van der Waals surface area contributed by atoms with Crippen LogP contribution in [0.15, 0.2) is 42.5 Å². The van der Waals surface area contributed by atoms with Gasteiger partial charge < -0.3 is 29.9 Å². The summed E-state index contributed by atoms with van der Waals surface area (Å²) in [6.07, 6.45) is -5.67. The minimum atomic E-state index is -1.74. The van der Waals surface area contributed by atoms with Gasteiger partial charge in [0.25, 0.3) is 0 Å². The molecule has 0 spiro atoms. The van der Waals surface area contributed by atoms with Crippen LogP contribution in [0.25, 0.3) is 0 Å². The summed E-state index contributed by atoms with van der Waals surface area (Å²) in [7, 11) is 0. The number of aliphatic hydroxyl groups excluding tert-OH is 4. The van der Waals surface area contributed by atoms with Crippen LogP contribution < -0.4 is 0 Å². The highest BCUT2D eigenvalue weighted by Crippen LogP contribution is 2.42. The summed E-state index contributed by atoms with van der Waals surface area (Å²) < 4.78 is 10.8. The molecule has 9 atom stereocenters. The van der Waals surface area contributed by atoms with Crippen LogP contribution in [0.4, 0.5) is 0 Å². The lowest BCUT2D eigenvalue weighted by molar-refractivity contribution is -0.241. The zero-order chi connectivity index (χ0) is 20.7. The van der Waals surface area contributed by atoms with Crippen LogP contribution in [0.5, 0.6) is 0 Å². The molecule has 3 aliphatic rings. The normalized spacial score (nSPS) is 42.4. The Kier molecular flexibility index (Phi) is 5.44. The van der Waals surface area contributed by atoms with Gasteiger partial charge in [-0.25, -0.2) is 0 Å². The molecule has 4 rings (SSSR count). The molecule has 0 aromatic heterocycles. The fraction of sp³-hybridized carbons (Fsp3) is 0.524. The van der Waals surface area contributed by atoms with Gasteiger partial charge in [-0.15, -0.1) is 0 Å². The Labute approximate surface area is 167 Å². The molecule has 8 heteroatoms. The molecular formula is C21H24O8. The lowest BCUT2D eigenvalue weighted by atomic mass is 9.71. The van der Waals surface area contributed by atoms with Crippen LogP contribution in [0.1, 0.15) is 24.3 Å². The SMILES string of the molecule is O=C1C[C@@H]2C=CCC(c3ccccc3)[C@H]2C(=O)O[C@@H]2[C@@H](O)[C@@H](O)[C@H](O)[C@H](O)[C@H]2O1. The molecule has 1 aromatic carbocycles. The molecule has 156 valence electrons. The van der Waals surface area contributed by atoms with Gasteiger partial charge in [-0.1, -0.05) is 42.5 Å². The first kappa shape index (κ1) is 20.0. The number of benzene rings is 1. The average molecular weight is 404 g/mol. The first-order chi connectivity index (χ1) is 13.9. The van der Waals surface area contributed by atoms with Crippen molar-refractivity contribution in [2.45, 2.75) is 55.4 Å². The van der Waals surface area contributed by atoms with Crippen LogP contribution in [-0.2, 0) is 19.1 Å². The second-order valence-corrected chi connectivity index (χ2v) is 7.89. The van der Waals surface area contributed by atoms with Gasteiger partial charge in [0.1, 0.15) is 24.4 Å². The van der Waals surface area contributed by atoms with Crippen molar-refractivity contribution in [2.24, 2.45) is 11.8 Å². The molecule has 8 nitrogen and oxygen atoms in total. The second-order valence-electron chi connectivity index (χ2n) is 7.89. The minimum absolute atomic E-state index is 0.107. The van der Waals surface area contributed by atoms with Crippen LogP contribution in [-0.4, -0.2) is 69.0 Å². The molecule has 4 N–H and O–H groups in total. The molecule has 0 radical (unpaired) electrons. The Morgan fingerprint density at radius 2 is 1.45 bits per heavy atom. The zero-order valence-electron chi connectivity index (χ0n) is 15.6. The van der Waals surface area contributed by atoms with E-state index in [1.807, 2.05) is 36.4 Å². The maximum absolute atomic E-state index is 13.2. The maximum atomic E-state index is 13.2. The molecule has 2 fully saturated rings. The van der Waals surface area contributed by atoms with Crippen LogP contribution in [0.3, 0.4) is 0 Å². The summed E-state index contributed by atoms with van der Waals surface area (Å²) >= 11 is 0. The van der Waals surface area contributed by atoms with Gasteiger partial charge >= 0.3 is 11.9 Å². The first-order valence-corrected chi connectivity index (χ1v) is 9.72. The largest absolute Gasteiger partial charge is 0.455 e. The van der Waals surface area contributed by atoms with Gasteiger partial charge in [-0.05, 0) is 12.0 Å². The Morgan fingerprint density at radius 3 is 2.10 bits per heavy atom. The van der Waals surface area contributed by atoms with Crippen molar-refractivity contribution in [1.29, 1.82) is 0 Å². The highest BCUT2D eigenvalue weighted by atomic mass is 16.6. The standard InChI is InChI=1S/C21H24O8/c22-13-9-11-7-4-8-12(10-5-2-1-3-6-10)14(11)21(27)29-20-18(26)16(24)15(23)17(25)19(20)28-13/h1-7,11-12,14-20,23-26H,8-9H2/t11-,12?,14-,15-,16-,17-,18-,19+,20+/m0/s1. The third-order valence-electron chi connectivity index (χ3n) is 6.14. The summed E-state index contributed by atoms with van der Waals surface area (Å²) in [4.78, 5) is 25.7. The number of aliphatic hydroxyl groups is 4. The summed E-state index contributed by atoms with van der Waals surface area (Å²) in [6.45, 7) is 0. The highest BCUT2D eigenvalue weighted by molar-refractivity contribution is 5.78. The van der Waals surface area contributed by atoms with Gasteiger partial charge in [-0.2, -0.15) is 0 Å². The summed E-state index contributed by atoms with van der Waals surface area (Å²) in [5.41, 5.74) is 0.924. The molecule has 1 saturated heterocycles. The van der Waals surface area contributed by atoms with Gasteiger partial charge in [0.2, 0.25) is 0 Å². The molecule has 2 aliphatic carbocycles. The Hall–Kier alpha value is -2.26. The fourth-order valence-electron chi connectivity index (χ4n) is 4.60. The topological polar surface area (TPSA) is 134 Å². The van der Waals surface area contributed by atoms with E-state index in [4.69, 9.17) is 9.47 Å². The quantitative estimate of drug-likeness (QED) is 0.369. The van der Waals surface area contributed by atoms with Crippen molar-refractivity contribution in [3.05, 3.63) is 48.0 Å². The van der Waals surface area contributed by atoms with Crippen molar-refractivity contribution >= 4 is 11.9 Å². The molecule has 29 heavy (non-hydrogen) atoms. The van der Waals surface area contributed by atoms with Gasteiger partial charge in [0.05, 0.1) is 12.3 Å². The predicted molar refractivity (Wildman–Crippen MR) is 98.3 cm³/mol. The van der Waals surface area contributed by atoms with E-state index in [0.717, 1.165) is 5.56 Å². The van der Waals surface area contributed by atoms with Gasteiger partial charge in [0, 0.05) is 11.8 Å². The molecule has 0 amide bonds. The fourth-order valence-corrected chi connectivity index (χ4v) is 4.60. The number of esters is 2. The molecule has 0 bridgehead atoms. The van der Waals surface area contributed by atoms with E-state index in [1.54, 1.807) is 6.08 Å². The summed E-state index contributed by atoms with van der Waals surface area (Å²) in [5.74, 6) is -2.72. The molecule has 1 aliphatic heterocycles. The van der Waals surface area contributed by atoms with Crippen molar-refractivity contribution in [2.75, 3.05) is 0 Å². The van der Waals surface area contributed by atoms with Crippen LogP contribution in [0.2, 0.25) is 0 Å². The number of ether oxygens (including phenoxy) is 2. The summed E-state index contributed by atoms with van der Waals surface area (Å²) in [6, 6.07) is 9.41. The monoisotopic (exact) mass is 404 g/mol. The van der Waals surface area contributed by atoms with E-state index in [-0.39, 0.29) is 12.3 Å². The van der Waals surface area contributed by atoms with Crippen LogP contribution in [0, 0.1) is 11.8 Å². The van der Waals surface area contributed by atoms with Crippen molar-refractivity contribution in [3.8, 4) is 0 Å². The Balaban J connectivity index is 1.70. The number of carbonyl (C=O) groups excluding carboxylic acids is 2. The van der Waals surface area contributed by atoms with Crippen molar-refractivity contribution < 1.29 is 39.5 Å². The minimum Gasteiger partial charge on any atom is -0.455 e. The lowest BCUT2D eigenvalue weighted by Crippen LogP contribution is -2.65.